The van der Waals surface area contributed by atoms with Crippen molar-refractivity contribution in [2.24, 2.45) is 17.8 Å². The van der Waals surface area contributed by atoms with Gasteiger partial charge in [0, 0.05) is 19.0 Å². The number of carbonyl (C=O) groups excluding carboxylic acids is 1. The Morgan fingerprint density at radius 1 is 1.38 bits per heavy atom. The van der Waals surface area contributed by atoms with Crippen LogP contribution in [-0.4, -0.2) is 37.0 Å². The summed E-state index contributed by atoms with van der Waals surface area (Å²) in [5.41, 5.74) is 0. The molecule has 0 radical (unpaired) electrons. The maximum absolute atomic E-state index is 12.0. The van der Waals surface area contributed by atoms with Crippen LogP contribution < -0.4 is 5.32 Å². The SMILES string of the molecule is CCNCC1CCN(C(=O)C2CC2C)CC1. The molecule has 0 aromatic heterocycles. The molecule has 0 spiro atoms. The van der Waals surface area contributed by atoms with Crippen LogP contribution in [0.5, 0.6) is 0 Å². The first-order valence-corrected chi connectivity index (χ1v) is 6.72. The van der Waals surface area contributed by atoms with E-state index in [1.807, 2.05) is 0 Å². The normalized spacial score (nSPS) is 30.5. The number of nitrogens with zero attached hydrogens (tertiary/aromatic N) is 1. The van der Waals surface area contributed by atoms with Crippen molar-refractivity contribution in [3.63, 3.8) is 0 Å². The van der Waals surface area contributed by atoms with E-state index >= 15 is 0 Å². The molecule has 3 nitrogen and oxygen atoms in total. The zero-order valence-corrected chi connectivity index (χ0v) is 10.5. The van der Waals surface area contributed by atoms with Crippen LogP contribution in [0.4, 0.5) is 0 Å². The van der Waals surface area contributed by atoms with Gasteiger partial charge in [-0.3, -0.25) is 4.79 Å². The number of piperidine rings is 1. The van der Waals surface area contributed by atoms with Crippen molar-refractivity contribution >= 4 is 5.91 Å². The van der Waals surface area contributed by atoms with E-state index in [4.69, 9.17) is 0 Å². The number of likely N-dealkylation sites (tertiary alicyclic amines) is 1. The van der Waals surface area contributed by atoms with Gasteiger partial charge in [-0.2, -0.15) is 0 Å². The molecule has 92 valence electrons. The molecule has 0 aromatic carbocycles. The van der Waals surface area contributed by atoms with Crippen LogP contribution in [0.25, 0.3) is 0 Å². The highest BCUT2D eigenvalue weighted by Gasteiger charge is 2.41. The molecule has 3 heteroatoms. The van der Waals surface area contributed by atoms with Gasteiger partial charge < -0.3 is 10.2 Å². The lowest BCUT2D eigenvalue weighted by atomic mass is 9.96. The minimum Gasteiger partial charge on any atom is -0.342 e. The third kappa shape index (κ3) is 2.76. The van der Waals surface area contributed by atoms with E-state index < -0.39 is 0 Å². The Bertz CT molecular complexity index is 246. The van der Waals surface area contributed by atoms with E-state index in [2.05, 4.69) is 24.1 Å². The van der Waals surface area contributed by atoms with Gasteiger partial charge in [0.25, 0.3) is 0 Å². The highest BCUT2D eigenvalue weighted by Crippen LogP contribution is 2.39. The Balaban J connectivity index is 1.70. The number of rotatable bonds is 4. The first-order chi connectivity index (χ1) is 7.72. The predicted molar refractivity (Wildman–Crippen MR) is 65.1 cm³/mol. The van der Waals surface area contributed by atoms with Gasteiger partial charge in [-0.15, -0.1) is 0 Å². The van der Waals surface area contributed by atoms with Crippen molar-refractivity contribution in [2.45, 2.75) is 33.1 Å². The first-order valence-electron chi connectivity index (χ1n) is 6.72. The summed E-state index contributed by atoms with van der Waals surface area (Å²) in [6.07, 6.45) is 3.48. The molecule has 1 aliphatic carbocycles. The summed E-state index contributed by atoms with van der Waals surface area (Å²) < 4.78 is 0. The minimum atomic E-state index is 0.366. The summed E-state index contributed by atoms with van der Waals surface area (Å²) in [7, 11) is 0. The smallest absolute Gasteiger partial charge is 0.225 e. The zero-order valence-electron chi connectivity index (χ0n) is 10.5. The van der Waals surface area contributed by atoms with Crippen LogP contribution in [0.15, 0.2) is 0 Å². The molecule has 2 rings (SSSR count). The van der Waals surface area contributed by atoms with Crippen LogP contribution in [-0.2, 0) is 4.79 Å². The topological polar surface area (TPSA) is 32.3 Å². The number of nitrogens with one attached hydrogen (secondary N) is 1. The van der Waals surface area contributed by atoms with Crippen molar-refractivity contribution in [1.29, 1.82) is 0 Å². The monoisotopic (exact) mass is 224 g/mol. The summed E-state index contributed by atoms with van der Waals surface area (Å²) in [4.78, 5) is 14.1. The molecule has 2 aliphatic rings. The van der Waals surface area contributed by atoms with Crippen LogP contribution in [0.2, 0.25) is 0 Å². The lowest BCUT2D eigenvalue weighted by Gasteiger charge is -2.32. The highest BCUT2D eigenvalue weighted by molar-refractivity contribution is 5.81. The number of hydrogen-bond acceptors (Lipinski definition) is 2. The van der Waals surface area contributed by atoms with Crippen molar-refractivity contribution in [2.75, 3.05) is 26.2 Å². The maximum Gasteiger partial charge on any atom is 0.225 e. The van der Waals surface area contributed by atoms with Gasteiger partial charge in [0.2, 0.25) is 5.91 Å². The molecule has 2 fully saturated rings. The van der Waals surface area contributed by atoms with Crippen LogP contribution in [0.1, 0.15) is 33.1 Å². The second kappa shape index (κ2) is 5.17. The van der Waals surface area contributed by atoms with Crippen LogP contribution in [0.3, 0.4) is 0 Å². The first kappa shape index (κ1) is 11.9. The fraction of sp³-hybridized carbons (Fsp3) is 0.923. The Morgan fingerprint density at radius 2 is 2.00 bits per heavy atom. The van der Waals surface area contributed by atoms with Gasteiger partial charge in [0.1, 0.15) is 0 Å². The molecule has 16 heavy (non-hydrogen) atoms. The van der Waals surface area contributed by atoms with E-state index in [0.717, 1.165) is 38.5 Å². The Labute approximate surface area is 98.6 Å². The Hall–Kier alpha value is -0.570. The fourth-order valence-electron chi connectivity index (χ4n) is 2.61. The standard InChI is InChI=1S/C13H24N2O/c1-3-14-9-11-4-6-15(7-5-11)13(16)12-8-10(12)2/h10-12,14H,3-9H2,1-2H3. The molecule has 0 bridgehead atoms. The lowest BCUT2D eigenvalue weighted by Crippen LogP contribution is -2.41. The number of amides is 1. The van der Waals surface area contributed by atoms with Gasteiger partial charge in [0.05, 0.1) is 0 Å². The molecule has 1 saturated carbocycles. The number of hydrogen-bond donors (Lipinski definition) is 1. The Kier molecular flexibility index (Phi) is 3.85. The molecule has 2 unspecified atom stereocenters. The van der Waals surface area contributed by atoms with E-state index in [1.165, 1.54) is 12.8 Å². The quantitative estimate of drug-likeness (QED) is 0.784. The minimum absolute atomic E-state index is 0.366. The summed E-state index contributed by atoms with van der Waals surface area (Å²) >= 11 is 0. The molecular weight excluding hydrogens is 200 g/mol. The predicted octanol–water partition coefficient (Wildman–Crippen LogP) is 1.49. The molecular formula is C13H24N2O. The number of carbonyl (C=O) groups is 1. The van der Waals surface area contributed by atoms with Crippen molar-refractivity contribution < 1.29 is 4.79 Å². The molecule has 1 amide bonds. The van der Waals surface area contributed by atoms with Crippen molar-refractivity contribution in [3.8, 4) is 0 Å². The third-order valence-electron chi connectivity index (χ3n) is 4.04. The fourth-order valence-corrected chi connectivity index (χ4v) is 2.61. The third-order valence-corrected chi connectivity index (χ3v) is 4.04. The Morgan fingerprint density at radius 3 is 2.50 bits per heavy atom. The lowest BCUT2D eigenvalue weighted by molar-refractivity contribution is -0.134. The molecule has 2 atom stereocenters. The molecule has 1 N–H and O–H groups in total. The van der Waals surface area contributed by atoms with E-state index in [9.17, 15) is 4.79 Å². The van der Waals surface area contributed by atoms with Crippen LogP contribution in [0, 0.1) is 17.8 Å². The van der Waals surface area contributed by atoms with E-state index in [1.54, 1.807) is 0 Å². The molecule has 1 saturated heterocycles. The molecule has 0 aromatic rings. The van der Waals surface area contributed by atoms with Gasteiger partial charge in [-0.1, -0.05) is 13.8 Å². The zero-order chi connectivity index (χ0) is 11.5. The van der Waals surface area contributed by atoms with Gasteiger partial charge >= 0.3 is 0 Å². The van der Waals surface area contributed by atoms with Crippen molar-refractivity contribution in [1.82, 2.24) is 10.2 Å². The molecule has 1 heterocycles. The van der Waals surface area contributed by atoms with Gasteiger partial charge in [-0.25, -0.2) is 0 Å². The van der Waals surface area contributed by atoms with Gasteiger partial charge in [0.15, 0.2) is 0 Å². The highest BCUT2D eigenvalue weighted by atomic mass is 16.2. The van der Waals surface area contributed by atoms with Crippen LogP contribution >= 0.6 is 0 Å². The summed E-state index contributed by atoms with van der Waals surface area (Å²) in [6.45, 7) is 8.47. The van der Waals surface area contributed by atoms with E-state index in [0.29, 0.717) is 17.7 Å². The summed E-state index contributed by atoms with van der Waals surface area (Å²) in [6, 6.07) is 0. The second-order valence-electron chi connectivity index (χ2n) is 5.40. The summed E-state index contributed by atoms with van der Waals surface area (Å²) in [5, 5.41) is 3.40. The molecule has 1 aliphatic heterocycles. The maximum atomic E-state index is 12.0. The average molecular weight is 224 g/mol. The van der Waals surface area contributed by atoms with E-state index in [-0.39, 0.29) is 0 Å². The summed E-state index contributed by atoms with van der Waals surface area (Å²) in [5.74, 6) is 2.22. The average Bonchev–Trinajstić information content (AvgIpc) is 3.03. The van der Waals surface area contributed by atoms with Gasteiger partial charge in [-0.05, 0) is 44.2 Å². The van der Waals surface area contributed by atoms with Crippen molar-refractivity contribution in [3.05, 3.63) is 0 Å². The largest absolute Gasteiger partial charge is 0.342 e. The second-order valence-corrected chi connectivity index (χ2v) is 5.40.